The van der Waals surface area contributed by atoms with Crippen molar-refractivity contribution in [2.24, 2.45) is 5.92 Å². The van der Waals surface area contributed by atoms with Crippen molar-refractivity contribution < 1.29 is 19.1 Å². The smallest absolute Gasteiger partial charge is 0.323 e. The summed E-state index contributed by atoms with van der Waals surface area (Å²) in [6, 6.07) is 4.21. The fraction of sp³-hybridized carbons (Fsp3) is 0.333. The highest BCUT2D eigenvalue weighted by Crippen LogP contribution is 2.20. The van der Waals surface area contributed by atoms with Crippen LogP contribution >= 0.6 is 11.6 Å². The van der Waals surface area contributed by atoms with E-state index in [9.17, 15) is 14.0 Å². The van der Waals surface area contributed by atoms with E-state index in [1.807, 2.05) is 13.8 Å². The lowest BCUT2D eigenvalue weighted by atomic mass is 10.1. The molecule has 0 spiro atoms. The van der Waals surface area contributed by atoms with E-state index in [0.29, 0.717) is 6.54 Å². The minimum absolute atomic E-state index is 0.104. The highest BCUT2D eigenvalue weighted by atomic mass is 35.5. The molecule has 0 aliphatic heterocycles. The predicted octanol–water partition coefficient (Wildman–Crippen LogP) is 3.06. The Morgan fingerprint density at radius 1 is 1.43 bits per heavy atom. The molecule has 21 heavy (non-hydrogen) atoms. The Hall–Kier alpha value is -1.88. The van der Waals surface area contributed by atoms with Crippen LogP contribution in [0.15, 0.2) is 24.3 Å². The number of amides is 1. The van der Waals surface area contributed by atoms with Crippen molar-refractivity contribution in [3.63, 3.8) is 0 Å². The van der Waals surface area contributed by atoms with Crippen molar-refractivity contribution in [3.05, 3.63) is 40.7 Å². The minimum Gasteiger partial charge on any atom is -0.480 e. The van der Waals surface area contributed by atoms with Gasteiger partial charge in [-0.15, -0.1) is 0 Å². The number of rotatable bonds is 6. The maximum atomic E-state index is 13.6. The number of carbonyl (C=O) groups excluding carboxylic acids is 1. The third-order valence-electron chi connectivity index (χ3n) is 2.62. The van der Waals surface area contributed by atoms with Gasteiger partial charge in [0.05, 0.1) is 5.02 Å². The maximum Gasteiger partial charge on any atom is 0.323 e. The second-order valence-corrected chi connectivity index (χ2v) is 5.38. The van der Waals surface area contributed by atoms with E-state index in [1.165, 1.54) is 29.2 Å². The monoisotopic (exact) mass is 313 g/mol. The van der Waals surface area contributed by atoms with Crippen molar-refractivity contribution in [1.29, 1.82) is 0 Å². The van der Waals surface area contributed by atoms with Gasteiger partial charge in [0.2, 0.25) is 5.91 Å². The molecule has 0 bridgehead atoms. The van der Waals surface area contributed by atoms with Crippen LogP contribution in [0.3, 0.4) is 0 Å². The standard InChI is InChI=1S/C15H17ClFNO3/c1-10(2)8-18(9-15(20)21)14(19)7-6-11-12(16)4-3-5-13(11)17/h3-7,10H,8-9H2,1-2H3,(H,20,21). The topological polar surface area (TPSA) is 57.6 Å². The van der Waals surface area contributed by atoms with Gasteiger partial charge in [-0.25, -0.2) is 4.39 Å². The van der Waals surface area contributed by atoms with Crippen LogP contribution in [0, 0.1) is 11.7 Å². The van der Waals surface area contributed by atoms with Gasteiger partial charge in [0, 0.05) is 18.2 Å². The van der Waals surface area contributed by atoms with Crippen molar-refractivity contribution >= 4 is 29.6 Å². The second kappa shape index (κ2) is 7.78. The van der Waals surface area contributed by atoms with Crippen LogP contribution in [-0.4, -0.2) is 35.0 Å². The highest BCUT2D eigenvalue weighted by molar-refractivity contribution is 6.32. The second-order valence-electron chi connectivity index (χ2n) is 4.98. The number of carbonyl (C=O) groups is 2. The molecule has 0 radical (unpaired) electrons. The molecule has 0 fully saturated rings. The summed E-state index contributed by atoms with van der Waals surface area (Å²) >= 11 is 5.85. The summed E-state index contributed by atoms with van der Waals surface area (Å²) in [5.41, 5.74) is 0.104. The van der Waals surface area contributed by atoms with Crippen LogP contribution in [0.4, 0.5) is 4.39 Å². The summed E-state index contributed by atoms with van der Waals surface area (Å²) in [6.45, 7) is 3.66. The first-order valence-corrected chi connectivity index (χ1v) is 6.82. The minimum atomic E-state index is -1.10. The molecule has 0 heterocycles. The Labute approximate surface area is 127 Å². The number of hydrogen-bond donors (Lipinski definition) is 1. The summed E-state index contributed by atoms with van der Waals surface area (Å²) in [5, 5.41) is 9.01. The Kier molecular flexibility index (Phi) is 6.37. The van der Waals surface area contributed by atoms with Gasteiger partial charge in [-0.1, -0.05) is 31.5 Å². The van der Waals surface area contributed by atoms with Gasteiger partial charge in [0.25, 0.3) is 0 Å². The van der Waals surface area contributed by atoms with E-state index in [-0.39, 0.29) is 16.5 Å². The summed E-state index contributed by atoms with van der Waals surface area (Å²) in [6.07, 6.45) is 2.39. The molecule has 0 aromatic heterocycles. The van der Waals surface area contributed by atoms with E-state index >= 15 is 0 Å². The molecule has 1 N–H and O–H groups in total. The molecule has 0 saturated heterocycles. The average Bonchev–Trinajstić information content (AvgIpc) is 2.36. The number of carboxylic acid groups (broad SMARTS) is 1. The fourth-order valence-corrected chi connectivity index (χ4v) is 1.99. The molecule has 1 amide bonds. The van der Waals surface area contributed by atoms with Gasteiger partial charge in [0.1, 0.15) is 12.4 Å². The Balaban J connectivity index is 2.90. The molecule has 0 aliphatic rings. The Morgan fingerprint density at radius 3 is 2.62 bits per heavy atom. The van der Waals surface area contributed by atoms with E-state index < -0.39 is 24.2 Å². The van der Waals surface area contributed by atoms with Crippen molar-refractivity contribution in [3.8, 4) is 0 Å². The first kappa shape index (κ1) is 17.2. The van der Waals surface area contributed by atoms with E-state index in [4.69, 9.17) is 16.7 Å². The molecule has 0 atom stereocenters. The molecular formula is C15H17ClFNO3. The zero-order valence-electron chi connectivity index (χ0n) is 11.8. The number of benzene rings is 1. The summed E-state index contributed by atoms with van der Waals surface area (Å²) in [7, 11) is 0. The molecule has 6 heteroatoms. The lowest BCUT2D eigenvalue weighted by molar-refractivity contribution is -0.143. The third-order valence-corrected chi connectivity index (χ3v) is 2.95. The molecule has 4 nitrogen and oxygen atoms in total. The number of aliphatic carboxylic acids is 1. The quantitative estimate of drug-likeness (QED) is 0.821. The summed E-state index contributed by atoms with van der Waals surface area (Å²) in [5.74, 6) is -2.01. The fourth-order valence-electron chi connectivity index (χ4n) is 1.77. The van der Waals surface area contributed by atoms with E-state index in [1.54, 1.807) is 0 Å². The first-order valence-electron chi connectivity index (χ1n) is 6.44. The van der Waals surface area contributed by atoms with Crippen molar-refractivity contribution in [2.45, 2.75) is 13.8 Å². The SMILES string of the molecule is CC(C)CN(CC(=O)O)C(=O)C=Cc1c(F)cccc1Cl. The first-order chi connectivity index (χ1) is 9.81. The molecule has 1 rings (SSSR count). The molecule has 1 aromatic carbocycles. The number of hydrogen-bond acceptors (Lipinski definition) is 2. The molecule has 114 valence electrons. The molecule has 1 aromatic rings. The highest BCUT2D eigenvalue weighted by Gasteiger charge is 2.16. The van der Waals surface area contributed by atoms with Gasteiger partial charge >= 0.3 is 5.97 Å². The zero-order valence-corrected chi connectivity index (χ0v) is 12.6. The molecule has 0 saturated carbocycles. The van der Waals surface area contributed by atoms with Gasteiger partial charge in [-0.05, 0) is 24.1 Å². The van der Waals surface area contributed by atoms with Crippen LogP contribution in [0.5, 0.6) is 0 Å². The van der Waals surface area contributed by atoms with Crippen LogP contribution in [0.1, 0.15) is 19.4 Å². The Morgan fingerprint density at radius 2 is 2.10 bits per heavy atom. The van der Waals surface area contributed by atoms with Crippen LogP contribution in [0.2, 0.25) is 5.02 Å². The van der Waals surface area contributed by atoms with Gasteiger partial charge < -0.3 is 10.0 Å². The summed E-state index contributed by atoms with van der Waals surface area (Å²) in [4.78, 5) is 24.0. The van der Waals surface area contributed by atoms with E-state index in [0.717, 1.165) is 6.08 Å². The number of nitrogens with zero attached hydrogens (tertiary/aromatic N) is 1. The van der Waals surface area contributed by atoms with Gasteiger partial charge in [0.15, 0.2) is 0 Å². The van der Waals surface area contributed by atoms with Gasteiger partial charge in [-0.2, -0.15) is 0 Å². The van der Waals surface area contributed by atoms with Crippen LogP contribution in [0.25, 0.3) is 6.08 Å². The lowest BCUT2D eigenvalue weighted by Gasteiger charge is -2.21. The molecule has 0 aliphatic carbocycles. The zero-order chi connectivity index (χ0) is 16.0. The lowest BCUT2D eigenvalue weighted by Crippen LogP contribution is -2.37. The van der Waals surface area contributed by atoms with Crippen LogP contribution < -0.4 is 0 Å². The average molecular weight is 314 g/mol. The normalized spacial score (nSPS) is 11.1. The predicted molar refractivity (Wildman–Crippen MR) is 79.5 cm³/mol. The van der Waals surface area contributed by atoms with Crippen molar-refractivity contribution in [2.75, 3.05) is 13.1 Å². The molecular weight excluding hydrogens is 297 g/mol. The van der Waals surface area contributed by atoms with Crippen molar-refractivity contribution in [1.82, 2.24) is 4.90 Å². The summed E-state index contributed by atoms with van der Waals surface area (Å²) < 4.78 is 13.6. The largest absolute Gasteiger partial charge is 0.480 e. The van der Waals surface area contributed by atoms with Crippen LogP contribution in [-0.2, 0) is 9.59 Å². The van der Waals surface area contributed by atoms with E-state index in [2.05, 4.69) is 0 Å². The maximum absolute atomic E-state index is 13.6. The Bertz CT molecular complexity index is 538. The number of halogens is 2. The van der Waals surface area contributed by atoms with Gasteiger partial charge in [-0.3, -0.25) is 9.59 Å². The number of carboxylic acids is 1. The third kappa shape index (κ3) is 5.55. The molecule has 0 unspecified atom stereocenters.